The molecule has 26 heavy (non-hydrogen) atoms. The first-order valence-corrected chi connectivity index (χ1v) is 8.48. The quantitative estimate of drug-likeness (QED) is 0.673. The third kappa shape index (κ3) is 3.36. The number of nitrogens with zero attached hydrogens (tertiary/aromatic N) is 2. The van der Waals surface area contributed by atoms with Crippen molar-refractivity contribution < 1.29 is 13.9 Å². The second-order valence-corrected chi connectivity index (χ2v) is 6.39. The monoisotopic (exact) mass is 374 g/mol. The lowest BCUT2D eigenvalue weighted by atomic mass is 10.2. The molecule has 4 rings (SSSR count). The highest BCUT2D eigenvalue weighted by Crippen LogP contribution is 2.33. The molecule has 0 amide bonds. The summed E-state index contributed by atoms with van der Waals surface area (Å²) >= 11 is 5.83. The van der Waals surface area contributed by atoms with Gasteiger partial charge in [0.2, 0.25) is 0 Å². The average Bonchev–Trinajstić information content (AvgIpc) is 3.13. The zero-order valence-electron chi connectivity index (χ0n) is 13.7. The fourth-order valence-corrected chi connectivity index (χ4v) is 2.98. The third-order valence-corrected chi connectivity index (χ3v) is 4.42. The summed E-state index contributed by atoms with van der Waals surface area (Å²) in [7, 11) is 0. The molecule has 8 heteroatoms. The molecule has 134 valence electrons. The molecule has 0 spiro atoms. The molecule has 3 N–H and O–H groups in total. The Morgan fingerprint density at radius 1 is 1.27 bits per heavy atom. The molecule has 0 bridgehead atoms. The Bertz CT molecular complexity index is 963. The molecule has 1 aliphatic heterocycles. The molecule has 3 aromatic rings. The third-order valence-electron chi connectivity index (χ3n) is 4.13. The molecular formula is C18H16ClFN4O2. The number of anilines is 3. The minimum Gasteiger partial charge on any atom is -0.486 e. The number of fused-ring (bicyclic) bond motifs is 1. The van der Waals surface area contributed by atoms with Crippen molar-refractivity contribution in [3.63, 3.8) is 0 Å². The summed E-state index contributed by atoms with van der Waals surface area (Å²) in [5.41, 5.74) is 7.93. The number of nitrogen functional groups attached to an aromatic ring is 1. The minimum absolute atomic E-state index is 0.00413. The lowest BCUT2D eigenvalue weighted by Crippen LogP contribution is -2.16. The van der Waals surface area contributed by atoms with Crippen LogP contribution in [0.3, 0.4) is 0 Å². The highest BCUT2D eigenvalue weighted by atomic mass is 35.5. The van der Waals surface area contributed by atoms with Crippen molar-refractivity contribution in [2.24, 2.45) is 0 Å². The smallest absolute Gasteiger partial charge is 0.144 e. The van der Waals surface area contributed by atoms with E-state index in [9.17, 15) is 4.39 Å². The van der Waals surface area contributed by atoms with Crippen LogP contribution in [0.4, 0.5) is 21.6 Å². The van der Waals surface area contributed by atoms with Crippen LogP contribution in [0, 0.1) is 5.82 Å². The second-order valence-electron chi connectivity index (χ2n) is 5.99. The van der Waals surface area contributed by atoms with Gasteiger partial charge < -0.3 is 20.5 Å². The first-order chi connectivity index (χ1) is 12.6. The van der Waals surface area contributed by atoms with Gasteiger partial charge in [0.05, 0.1) is 29.4 Å². The number of aromatic nitrogens is 2. The van der Waals surface area contributed by atoms with E-state index in [2.05, 4.69) is 15.3 Å². The number of ether oxygens (including phenoxy) is 2. The number of hydrogen-bond donors (Lipinski definition) is 2. The maximum Gasteiger partial charge on any atom is 0.144 e. The predicted octanol–water partition coefficient (Wildman–Crippen LogP) is 3.92. The Morgan fingerprint density at radius 2 is 2.15 bits per heavy atom. The van der Waals surface area contributed by atoms with E-state index in [0.29, 0.717) is 41.7 Å². The highest BCUT2D eigenvalue weighted by molar-refractivity contribution is 6.31. The van der Waals surface area contributed by atoms with E-state index >= 15 is 0 Å². The van der Waals surface area contributed by atoms with Crippen LogP contribution in [0.2, 0.25) is 5.02 Å². The van der Waals surface area contributed by atoms with Gasteiger partial charge in [-0.25, -0.2) is 14.4 Å². The van der Waals surface area contributed by atoms with Gasteiger partial charge in [0, 0.05) is 23.6 Å². The van der Waals surface area contributed by atoms with Gasteiger partial charge in [0.1, 0.15) is 29.8 Å². The molecule has 1 aliphatic rings. The van der Waals surface area contributed by atoms with E-state index in [1.165, 1.54) is 18.5 Å². The van der Waals surface area contributed by atoms with Gasteiger partial charge in [-0.05, 0) is 24.3 Å². The van der Waals surface area contributed by atoms with Crippen molar-refractivity contribution in [3.8, 4) is 5.75 Å². The SMILES string of the molecule is Nc1cc2c(Nc3ccc(F)c(Cl)c3)ncnc2cc1O[C@@H]1CCOC1. The fraction of sp³-hybridized carbons (Fsp3) is 0.222. The maximum absolute atomic E-state index is 13.3. The lowest BCUT2D eigenvalue weighted by molar-refractivity contribution is 0.142. The topological polar surface area (TPSA) is 82.3 Å². The van der Waals surface area contributed by atoms with E-state index in [1.54, 1.807) is 18.2 Å². The number of halogens is 2. The summed E-state index contributed by atoms with van der Waals surface area (Å²) in [4.78, 5) is 8.54. The van der Waals surface area contributed by atoms with Crippen molar-refractivity contribution in [2.75, 3.05) is 24.3 Å². The van der Waals surface area contributed by atoms with Crippen molar-refractivity contribution in [1.29, 1.82) is 0 Å². The van der Waals surface area contributed by atoms with Crippen molar-refractivity contribution in [1.82, 2.24) is 9.97 Å². The summed E-state index contributed by atoms with van der Waals surface area (Å²) in [6, 6.07) is 7.90. The standard InChI is InChI=1S/C18H16ClFN4O2/c19-13-5-10(1-2-14(13)20)24-18-12-6-15(21)17(7-16(12)22-9-23-18)26-11-3-4-25-8-11/h1-2,5-7,9,11H,3-4,8,21H2,(H,22,23,24)/t11-/m1/s1. The molecule has 2 aromatic carbocycles. The minimum atomic E-state index is -0.480. The van der Waals surface area contributed by atoms with Crippen molar-refractivity contribution >= 4 is 39.7 Å². The molecule has 0 saturated carbocycles. The summed E-state index contributed by atoms with van der Waals surface area (Å²) in [5.74, 6) is 0.634. The van der Waals surface area contributed by atoms with Crippen LogP contribution in [0.15, 0.2) is 36.7 Å². The maximum atomic E-state index is 13.3. The zero-order chi connectivity index (χ0) is 18.1. The number of hydrogen-bond acceptors (Lipinski definition) is 6. The normalized spacial score (nSPS) is 16.8. The van der Waals surface area contributed by atoms with Gasteiger partial charge in [-0.3, -0.25) is 0 Å². The Hall–Kier alpha value is -2.64. The number of rotatable bonds is 4. The Morgan fingerprint density at radius 3 is 2.92 bits per heavy atom. The van der Waals surface area contributed by atoms with Gasteiger partial charge in [0.15, 0.2) is 0 Å². The molecule has 1 atom stereocenters. The Labute approximate surface area is 154 Å². The first-order valence-electron chi connectivity index (χ1n) is 8.11. The van der Waals surface area contributed by atoms with Crippen LogP contribution >= 0.6 is 11.6 Å². The second kappa shape index (κ2) is 6.93. The van der Waals surface area contributed by atoms with Crippen LogP contribution in [-0.2, 0) is 4.74 Å². The molecule has 2 heterocycles. The van der Waals surface area contributed by atoms with Crippen LogP contribution in [-0.4, -0.2) is 29.3 Å². The summed E-state index contributed by atoms with van der Waals surface area (Å²) < 4.78 is 24.6. The fourth-order valence-electron chi connectivity index (χ4n) is 2.80. The number of nitrogens with two attached hydrogens (primary N) is 1. The molecule has 0 unspecified atom stereocenters. The van der Waals surface area contributed by atoms with E-state index in [4.69, 9.17) is 26.8 Å². The van der Waals surface area contributed by atoms with Crippen molar-refractivity contribution in [2.45, 2.75) is 12.5 Å². The van der Waals surface area contributed by atoms with Crippen LogP contribution < -0.4 is 15.8 Å². The molecule has 0 radical (unpaired) electrons. The average molecular weight is 375 g/mol. The Kier molecular flexibility index (Phi) is 4.48. The van der Waals surface area contributed by atoms with Crippen LogP contribution in [0.5, 0.6) is 5.75 Å². The lowest BCUT2D eigenvalue weighted by Gasteiger charge is -2.15. The largest absolute Gasteiger partial charge is 0.486 e. The summed E-state index contributed by atoms with van der Waals surface area (Å²) in [6.07, 6.45) is 2.27. The molecule has 0 aliphatic carbocycles. The van der Waals surface area contributed by atoms with Gasteiger partial charge in [-0.15, -0.1) is 0 Å². The van der Waals surface area contributed by atoms with E-state index in [0.717, 1.165) is 11.8 Å². The van der Waals surface area contributed by atoms with E-state index in [1.807, 2.05) is 0 Å². The molecule has 6 nitrogen and oxygen atoms in total. The molecule has 1 fully saturated rings. The highest BCUT2D eigenvalue weighted by Gasteiger charge is 2.19. The first kappa shape index (κ1) is 16.8. The van der Waals surface area contributed by atoms with E-state index in [-0.39, 0.29) is 11.1 Å². The number of benzene rings is 2. The summed E-state index contributed by atoms with van der Waals surface area (Å²) in [6.45, 7) is 1.24. The zero-order valence-corrected chi connectivity index (χ0v) is 14.5. The van der Waals surface area contributed by atoms with Gasteiger partial charge >= 0.3 is 0 Å². The summed E-state index contributed by atoms with van der Waals surface area (Å²) in [5, 5.41) is 3.87. The molecular weight excluding hydrogens is 359 g/mol. The number of nitrogens with one attached hydrogen (secondary N) is 1. The van der Waals surface area contributed by atoms with Crippen molar-refractivity contribution in [3.05, 3.63) is 47.5 Å². The van der Waals surface area contributed by atoms with Crippen LogP contribution in [0.25, 0.3) is 10.9 Å². The van der Waals surface area contributed by atoms with Gasteiger partial charge in [-0.2, -0.15) is 0 Å². The van der Waals surface area contributed by atoms with Crippen LogP contribution in [0.1, 0.15) is 6.42 Å². The van der Waals surface area contributed by atoms with Gasteiger partial charge in [-0.1, -0.05) is 11.6 Å². The molecule has 1 saturated heterocycles. The van der Waals surface area contributed by atoms with E-state index < -0.39 is 5.82 Å². The predicted molar refractivity (Wildman–Crippen MR) is 98.5 cm³/mol. The Balaban J connectivity index is 1.67. The molecule has 1 aromatic heterocycles. The van der Waals surface area contributed by atoms with Gasteiger partial charge in [0.25, 0.3) is 0 Å².